The predicted octanol–water partition coefficient (Wildman–Crippen LogP) is 2.91. The minimum atomic E-state index is -1.10. The summed E-state index contributed by atoms with van der Waals surface area (Å²) in [6, 6.07) is 6.13. The molecule has 1 aromatic heterocycles. The maximum atomic E-state index is 12.9. The Balaban J connectivity index is 2.26. The molecule has 2 aromatic rings. The SMILES string of the molecule is CC(C)(C)C(O)(/C=C/c1ccc(F)cc1)Cn1cncn1. The van der Waals surface area contributed by atoms with Crippen molar-refractivity contribution >= 4 is 6.08 Å². The molecule has 0 aliphatic carbocycles. The summed E-state index contributed by atoms with van der Waals surface area (Å²) in [6.45, 7) is 6.17. The summed E-state index contributed by atoms with van der Waals surface area (Å²) in [5, 5.41) is 15.0. The van der Waals surface area contributed by atoms with E-state index in [-0.39, 0.29) is 5.82 Å². The molecule has 1 aromatic carbocycles. The number of aliphatic hydroxyl groups is 1. The molecule has 0 aliphatic rings. The first kappa shape index (κ1) is 15.4. The second-order valence-corrected chi connectivity index (χ2v) is 6.15. The van der Waals surface area contributed by atoms with Crippen LogP contribution in [0.15, 0.2) is 43.0 Å². The maximum absolute atomic E-state index is 12.9. The van der Waals surface area contributed by atoms with Crippen molar-refractivity contribution in [1.29, 1.82) is 0 Å². The number of benzene rings is 1. The zero-order valence-corrected chi connectivity index (χ0v) is 12.5. The van der Waals surface area contributed by atoms with Crippen LogP contribution in [0.3, 0.4) is 0 Å². The van der Waals surface area contributed by atoms with Crippen molar-refractivity contribution in [2.24, 2.45) is 5.41 Å². The molecule has 0 fully saturated rings. The highest BCUT2D eigenvalue weighted by atomic mass is 19.1. The number of hydrogen-bond acceptors (Lipinski definition) is 3. The highest BCUT2D eigenvalue weighted by Crippen LogP contribution is 2.33. The van der Waals surface area contributed by atoms with Gasteiger partial charge in [0.1, 0.15) is 24.1 Å². The lowest BCUT2D eigenvalue weighted by atomic mass is 9.76. The van der Waals surface area contributed by atoms with Gasteiger partial charge in [-0.25, -0.2) is 14.1 Å². The highest BCUT2D eigenvalue weighted by molar-refractivity contribution is 5.50. The molecule has 0 amide bonds. The van der Waals surface area contributed by atoms with Gasteiger partial charge < -0.3 is 5.11 Å². The van der Waals surface area contributed by atoms with Crippen molar-refractivity contribution in [1.82, 2.24) is 14.8 Å². The molecule has 0 aliphatic heterocycles. The summed E-state index contributed by atoms with van der Waals surface area (Å²) >= 11 is 0. The van der Waals surface area contributed by atoms with Gasteiger partial charge in [-0.3, -0.25) is 0 Å². The van der Waals surface area contributed by atoms with Crippen LogP contribution < -0.4 is 0 Å². The fourth-order valence-electron chi connectivity index (χ4n) is 1.91. The molecular formula is C16H20FN3O. The van der Waals surface area contributed by atoms with Gasteiger partial charge in [-0.2, -0.15) is 5.10 Å². The van der Waals surface area contributed by atoms with Crippen LogP contribution >= 0.6 is 0 Å². The third-order valence-electron chi connectivity index (χ3n) is 3.59. The lowest BCUT2D eigenvalue weighted by Crippen LogP contribution is -2.44. The first-order chi connectivity index (χ1) is 9.80. The largest absolute Gasteiger partial charge is 0.383 e. The minimum Gasteiger partial charge on any atom is -0.383 e. The zero-order valence-electron chi connectivity index (χ0n) is 12.5. The molecule has 21 heavy (non-hydrogen) atoms. The Kier molecular flexibility index (Phi) is 4.23. The Labute approximate surface area is 124 Å². The molecule has 1 atom stereocenters. The van der Waals surface area contributed by atoms with Crippen LogP contribution in [-0.4, -0.2) is 25.5 Å². The Bertz CT molecular complexity index is 599. The van der Waals surface area contributed by atoms with Crippen molar-refractivity contribution in [3.63, 3.8) is 0 Å². The Morgan fingerprint density at radius 1 is 1.24 bits per heavy atom. The summed E-state index contributed by atoms with van der Waals surface area (Å²) in [6.07, 6.45) is 6.54. The second kappa shape index (κ2) is 5.77. The van der Waals surface area contributed by atoms with Gasteiger partial charge >= 0.3 is 0 Å². The average molecular weight is 289 g/mol. The normalized spacial score (nSPS) is 15.3. The van der Waals surface area contributed by atoms with Crippen LogP contribution in [0.5, 0.6) is 0 Å². The Hall–Kier alpha value is -2.01. The van der Waals surface area contributed by atoms with Crippen molar-refractivity contribution in [3.8, 4) is 0 Å². The fraction of sp³-hybridized carbons (Fsp3) is 0.375. The van der Waals surface area contributed by atoms with Gasteiger partial charge in [0.25, 0.3) is 0 Å². The van der Waals surface area contributed by atoms with Crippen LogP contribution in [0.2, 0.25) is 0 Å². The van der Waals surface area contributed by atoms with E-state index in [1.165, 1.54) is 18.5 Å². The van der Waals surface area contributed by atoms with E-state index in [1.54, 1.807) is 35.3 Å². The van der Waals surface area contributed by atoms with Gasteiger partial charge in [0.2, 0.25) is 0 Å². The molecule has 2 rings (SSSR count). The minimum absolute atomic E-state index is 0.277. The van der Waals surface area contributed by atoms with E-state index in [2.05, 4.69) is 10.1 Å². The summed E-state index contributed by atoms with van der Waals surface area (Å²) in [5.41, 5.74) is -0.664. The number of halogens is 1. The van der Waals surface area contributed by atoms with Gasteiger partial charge in [0, 0.05) is 0 Å². The number of hydrogen-bond donors (Lipinski definition) is 1. The summed E-state index contributed by atoms with van der Waals surface area (Å²) in [7, 11) is 0. The van der Waals surface area contributed by atoms with Crippen LogP contribution in [0.4, 0.5) is 4.39 Å². The average Bonchev–Trinajstić information content (AvgIpc) is 2.89. The molecule has 1 heterocycles. The van der Waals surface area contributed by atoms with Gasteiger partial charge in [0.15, 0.2) is 0 Å². The monoisotopic (exact) mass is 289 g/mol. The number of nitrogens with zero attached hydrogens (tertiary/aromatic N) is 3. The van der Waals surface area contributed by atoms with E-state index in [1.807, 2.05) is 20.8 Å². The maximum Gasteiger partial charge on any atom is 0.137 e. The predicted molar refractivity (Wildman–Crippen MR) is 79.9 cm³/mol. The lowest BCUT2D eigenvalue weighted by Gasteiger charge is -2.37. The number of rotatable bonds is 4. The van der Waals surface area contributed by atoms with Crippen LogP contribution in [0.25, 0.3) is 6.08 Å². The smallest absolute Gasteiger partial charge is 0.137 e. The van der Waals surface area contributed by atoms with Crippen molar-refractivity contribution in [3.05, 3.63) is 54.4 Å². The molecule has 1 N–H and O–H groups in total. The topological polar surface area (TPSA) is 50.9 Å². The van der Waals surface area contributed by atoms with E-state index in [0.717, 1.165) is 5.56 Å². The van der Waals surface area contributed by atoms with Crippen molar-refractivity contribution in [2.75, 3.05) is 0 Å². The van der Waals surface area contributed by atoms with Crippen LogP contribution in [0.1, 0.15) is 26.3 Å². The molecule has 112 valence electrons. The van der Waals surface area contributed by atoms with Crippen molar-refractivity contribution in [2.45, 2.75) is 32.9 Å². The van der Waals surface area contributed by atoms with Crippen LogP contribution in [-0.2, 0) is 6.54 Å². The first-order valence-corrected chi connectivity index (χ1v) is 6.80. The molecule has 0 radical (unpaired) electrons. The van der Waals surface area contributed by atoms with Crippen molar-refractivity contribution < 1.29 is 9.50 Å². The Morgan fingerprint density at radius 2 is 1.90 bits per heavy atom. The van der Waals surface area contributed by atoms with E-state index < -0.39 is 11.0 Å². The second-order valence-electron chi connectivity index (χ2n) is 6.15. The summed E-state index contributed by atoms with van der Waals surface area (Å²) in [4.78, 5) is 3.89. The molecule has 0 spiro atoms. The highest BCUT2D eigenvalue weighted by Gasteiger charge is 2.38. The summed E-state index contributed by atoms with van der Waals surface area (Å²) in [5.74, 6) is -0.277. The lowest BCUT2D eigenvalue weighted by molar-refractivity contribution is -0.0297. The van der Waals surface area contributed by atoms with Gasteiger partial charge in [-0.05, 0) is 23.1 Å². The van der Waals surface area contributed by atoms with Gasteiger partial charge in [0.05, 0.1) is 6.54 Å². The molecule has 4 nitrogen and oxygen atoms in total. The van der Waals surface area contributed by atoms with E-state index >= 15 is 0 Å². The zero-order chi connectivity index (χ0) is 15.5. The van der Waals surface area contributed by atoms with Crippen LogP contribution in [0, 0.1) is 11.2 Å². The first-order valence-electron chi connectivity index (χ1n) is 6.80. The summed E-state index contributed by atoms with van der Waals surface area (Å²) < 4.78 is 14.5. The molecule has 1 unspecified atom stereocenters. The Morgan fingerprint density at radius 3 is 2.43 bits per heavy atom. The van der Waals surface area contributed by atoms with Gasteiger partial charge in [-0.1, -0.05) is 45.1 Å². The van der Waals surface area contributed by atoms with E-state index in [9.17, 15) is 9.50 Å². The standard InChI is InChI=1S/C16H20FN3O/c1-15(2,3)16(21,10-20-12-18-11-19-20)9-8-13-4-6-14(17)7-5-13/h4-9,11-12,21H,10H2,1-3H3/b9-8+. The molecular weight excluding hydrogens is 269 g/mol. The third-order valence-corrected chi connectivity index (χ3v) is 3.59. The fourth-order valence-corrected chi connectivity index (χ4v) is 1.91. The quantitative estimate of drug-likeness (QED) is 0.941. The molecule has 5 heteroatoms. The van der Waals surface area contributed by atoms with E-state index in [0.29, 0.717) is 6.54 Å². The molecule has 0 bridgehead atoms. The van der Waals surface area contributed by atoms with Gasteiger partial charge in [-0.15, -0.1) is 0 Å². The van der Waals surface area contributed by atoms with E-state index in [4.69, 9.17) is 0 Å². The molecule has 0 saturated heterocycles. The number of aromatic nitrogens is 3. The third kappa shape index (κ3) is 3.76. The molecule has 0 saturated carbocycles.